The number of nitrogens with zero attached hydrogens (tertiary/aromatic N) is 1. The fourth-order valence-corrected chi connectivity index (χ4v) is 1.09. The van der Waals surface area contributed by atoms with Gasteiger partial charge in [-0.1, -0.05) is 30.3 Å². The molecule has 2 heteroatoms. The van der Waals surface area contributed by atoms with Crippen molar-refractivity contribution in [3.8, 4) is 0 Å². The van der Waals surface area contributed by atoms with Crippen LogP contribution in [-0.2, 0) is 0 Å². The Balaban J connectivity index is 2.52. The molecule has 0 radical (unpaired) electrons. The van der Waals surface area contributed by atoms with Crippen LogP contribution in [-0.4, -0.2) is 18.0 Å². The number of aliphatic imine (C=N–C) groups is 1. The smallest absolute Gasteiger partial charge is 0.168 e. The summed E-state index contributed by atoms with van der Waals surface area (Å²) in [5.41, 5.74) is 0.753. The van der Waals surface area contributed by atoms with Gasteiger partial charge in [0.15, 0.2) is 5.78 Å². The topological polar surface area (TPSA) is 29.4 Å². The van der Waals surface area contributed by atoms with Gasteiger partial charge in [-0.2, -0.15) is 0 Å². The monoisotopic (exact) mass is 189 g/mol. The first-order valence-electron chi connectivity index (χ1n) is 4.80. The molecule has 0 saturated heterocycles. The van der Waals surface area contributed by atoms with Crippen LogP contribution in [0.3, 0.4) is 0 Å². The lowest BCUT2D eigenvalue weighted by atomic mass is 10.1. The number of hydrogen-bond donors (Lipinski definition) is 0. The third kappa shape index (κ3) is 3.52. The highest BCUT2D eigenvalue weighted by Gasteiger charge is 2.01. The van der Waals surface area contributed by atoms with Crippen molar-refractivity contribution in [1.29, 1.82) is 0 Å². The van der Waals surface area contributed by atoms with Gasteiger partial charge in [0.1, 0.15) is 0 Å². The van der Waals surface area contributed by atoms with Gasteiger partial charge >= 0.3 is 0 Å². The Bertz CT molecular complexity index is 314. The largest absolute Gasteiger partial charge is 0.294 e. The lowest BCUT2D eigenvalue weighted by Crippen LogP contribution is -2.00. The summed E-state index contributed by atoms with van der Waals surface area (Å²) in [4.78, 5) is 15.7. The zero-order valence-corrected chi connectivity index (χ0v) is 8.60. The highest BCUT2D eigenvalue weighted by Crippen LogP contribution is 2.01. The summed E-state index contributed by atoms with van der Waals surface area (Å²) in [5.74, 6) is 0.120. The molecular weight excluding hydrogens is 174 g/mol. The maximum absolute atomic E-state index is 11.5. The second-order valence-corrected chi connectivity index (χ2v) is 3.42. The van der Waals surface area contributed by atoms with Gasteiger partial charge in [-0.05, 0) is 13.8 Å². The molecule has 0 unspecified atom stereocenters. The minimum atomic E-state index is 0.120. The van der Waals surface area contributed by atoms with Gasteiger partial charge in [0.2, 0.25) is 0 Å². The Morgan fingerprint density at radius 2 is 2.00 bits per heavy atom. The van der Waals surface area contributed by atoms with E-state index in [0.717, 1.165) is 5.56 Å². The van der Waals surface area contributed by atoms with E-state index in [1.54, 1.807) is 6.21 Å². The molecule has 0 fully saturated rings. The second-order valence-electron chi connectivity index (χ2n) is 3.42. The third-order valence-electron chi connectivity index (χ3n) is 1.78. The molecule has 0 spiro atoms. The molecule has 74 valence electrons. The van der Waals surface area contributed by atoms with Crippen LogP contribution >= 0.6 is 0 Å². The van der Waals surface area contributed by atoms with E-state index in [1.807, 2.05) is 44.2 Å². The van der Waals surface area contributed by atoms with Crippen LogP contribution in [0.25, 0.3) is 0 Å². The Kier molecular flexibility index (Phi) is 4.05. The van der Waals surface area contributed by atoms with Crippen LogP contribution in [0, 0.1) is 0 Å². The fraction of sp³-hybridized carbons (Fsp3) is 0.333. The first-order chi connectivity index (χ1) is 6.70. The molecule has 0 saturated carbocycles. The van der Waals surface area contributed by atoms with Crippen LogP contribution < -0.4 is 0 Å². The maximum atomic E-state index is 11.5. The van der Waals surface area contributed by atoms with E-state index in [1.165, 1.54) is 0 Å². The summed E-state index contributed by atoms with van der Waals surface area (Å²) in [6.45, 7) is 3.98. The molecular formula is C12H15NO. The number of carbonyl (C=O) groups is 1. The van der Waals surface area contributed by atoms with Crippen LogP contribution in [0.15, 0.2) is 35.3 Å². The van der Waals surface area contributed by atoms with Crippen LogP contribution in [0.2, 0.25) is 0 Å². The highest BCUT2D eigenvalue weighted by molar-refractivity contribution is 6.03. The lowest BCUT2D eigenvalue weighted by Gasteiger charge is -1.97. The summed E-state index contributed by atoms with van der Waals surface area (Å²) in [7, 11) is 0. The summed E-state index contributed by atoms with van der Waals surface area (Å²) < 4.78 is 0. The van der Waals surface area contributed by atoms with E-state index in [0.29, 0.717) is 6.42 Å². The molecule has 0 aromatic heterocycles. The molecule has 0 atom stereocenters. The average molecular weight is 189 g/mol. The van der Waals surface area contributed by atoms with Crippen molar-refractivity contribution in [2.24, 2.45) is 4.99 Å². The van der Waals surface area contributed by atoms with Crippen molar-refractivity contribution in [3.63, 3.8) is 0 Å². The normalized spacial score (nSPS) is 11.1. The summed E-state index contributed by atoms with van der Waals surface area (Å²) in [5, 5.41) is 0. The van der Waals surface area contributed by atoms with Gasteiger partial charge < -0.3 is 0 Å². The van der Waals surface area contributed by atoms with Crippen molar-refractivity contribution in [2.45, 2.75) is 26.3 Å². The first kappa shape index (κ1) is 10.6. The van der Waals surface area contributed by atoms with Crippen molar-refractivity contribution in [3.05, 3.63) is 35.9 Å². The number of rotatable bonds is 4. The van der Waals surface area contributed by atoms with Gasteiger partial charge in [0.05, 0.1) is 0 Å². The number of carbonyl (C=O) groups excluding carboxylic acids is 1. The molecule has 0 aliphatic heterocycles. The van der Waals surface area contributed by atoms with E-state index in [9.17, 15) is 4.79 Å². The van der Waals surface area contributed by atoms with Gasteiger partial charge in [0.25, 0.3) is 0 Å². The first-order valence-corrected chi connectivity index (χ1v) is 4.80. The van der Waals surface area contributed by atoms with Gasteiger partial charge in [0, 0.05) is 24.2 Å². The Morgan fingerprint density at radius 1 is 1.36 bits per heavy atom. The maximum Gasteiger partial charge on any atom is 0.168 e. The molecule has 0 aliphatic carbocycles. The fourth-order valence-electron chi connectivity index (χ4n) is 1.09. The van der Waals surface area contributed by atoms with E-state index in [-0.39, 0.29) is 11.8 Å². The number of Topliss-reactive ketones (excluding diaryl/α,β-unsaturated/α-hetero) is 1. The van der Waals surface area contributed by atoms with Gasteiger partial charge in [-0.15, -0.1) is 0 Å². The summed E-state index contributed by atoms with van der Waals surface area (Å²) in [6, 6.07) is 9.55. The molecule has 0 heterocycles. The van der Waals surface area contributed by atoms with E-state index < -0.39 is 0 Å². The van der Waals surface area contributed by atoms with Crippen LogP contribution in [0.1, 0.15) is 30.6 Å². The highest BCUT2D eigenvalue weighted by atomic mass is 16.1. The predicted molar refractivity (Wildman–Crippen MR) is 59.0 cm³/mol. The Morgan fingerprint density at radius 3 is 2.57 bits per heavy atom. The molecule has 1 aromatic rings. The van der Waals surface area contributed by atoms with Crippen LogP contribution in [0.4, 0.5) is 0 Å². The predicted octanol–water partition coefficient (Wildman–Crippen LogP) is 2.74. The third-order valence-corrected chi connectivity index (χ3v) is 1.78. The van der Waals surface area contributed by atoms with Crippen molar-refractivity contribution >= 4 is 12.0 Å². The standard InChI is InChI=1S/C12H15NO/c1-10(2)13-9-8-12(14)11-6-4-3-5-7-11/h3-7,9-10H,8H2,1-2H3. The van der Waals surface area contributed by atoms with E-state index in [2.05, 4.69) is 4.99 Å². The van der Waals surface area contributed by atoms with E-state index >= 15 is 0 Å². The quantitative estimate of drug-likeness (QED) is 0.529. The molecule has 0 bridgehead atoms. The minimum Gasteiger partial charge on any atom is -0.294 e. The van der Waals surface area contributed by atoms with Gasteiger partial charge in [-0.3, -0.25) is 9.79 Å². The van der Waals surface area contributed by atoms with Crippen molar-refractivity contribution in [2.75, 3.05) is 0 Å². The molecule has 0 N–H and O–H groups in total. The van der Waals surface area contributed by atoms with Crippen molar-refractivity contribution in [1.82, 2.24) is 0 Å². The minimum absolute atomic E-state index is 0.120. The number of benzene rings is 1. The zero-order valence-electron chi connectivity index (χ0n) is 8.60. The Labute approximate surface area is 84.7 Å². The summed E-state index contributed by atoms with van der Waals surface area (Å²) >= 11 is 0. The lowest BCUT2D eigenvalue weighted by molar-refractivity contribution is 0.100. The van der Waals surface area contributed by atoms with E-state index in [4.69, 9.17) is 0 Å². The van der Waals surface area contributed by atoms with Crippen LogP contribution in [0.5, 0.6) is 0 Å². The molecule has 1 rings (SSSR count). The molecule has 0 amide bonds. The van der Waals surface area contributed by atoms with Gasteiger partial charge in [-0.25, -0.2) is 0 Å². The second kappa shape index (κ2) is 5.32. The Hall–Kier alpha value is -1.44. The number of ketones is 1. The van der Waals surface area contributed by atoms with Crippen molar-refractivity contribution < 1.29 is 4.79 Å². The molecule has 0 aliphatic rings. The number of hydrogen-bond acceptors (Lipinski definition) is 2. The molecule has 1 aromatic carbocycles. The zero-order chi connectivity index (χ0) is 10.4. The molecule has 14 heavy (non-hydrogen) atoms. The SMILES string of the molecule is CC(C)N=CCC(=O)c1ccccc1. The summed E-state index contributed by atoms with van der Waals surface area (Å²) in [6.07, 6.45) is 2.09. The average Bonchev–Trinajstić information content (AvgIpc) is 2.18. The molecule has 2 nitrogen and oxygen atoms in total.